The average molecular weight is 338 g/mol. The maximum atomic E-state index is 12.2. The highest BCUT2D eigenvalue weighted by Crippen LogP contribution is 2.31. The molecule has 24 heavy (non-hydrogen) atoms. The predicted molar refractivity (Wildman–Crippen MR) is 83.3 cm³/mol. The summed E-state index contributed by atoms with van der Waals surface area (Å²) < 4.78 is 40.2. The lowest BCUT2D eigenvalue weighted by molar-refractivity contribution is -0.276. The van der Waals surface area contributed by atoms with E-state index < -0.39 is 12.2 Å². The second kappa shape index (κ2) is 7.04. The van der Waals surface area contributed by atoms with Crippen LogP contribution in [0.1, 0.15) is 24.3 Å². The minimum absolute atomic E-state index is 0.406. The van der Waals surface area contributed by atoms with Crippen molar-refractivity contribution >= 4 is 11.5 Å². The van der Waals surface area contributed by atoms with Crippen LogP contribution in [0.3, 0.4) is 0 Å². The molecular weight excluding hydrogens is 321 g/mol. The van der Waals surface area contributed by atoms with E-state index in [1.807, 2.05) is 12.1 Å². The summed E-state index contributed by atoms with van der Waals surface area (Å²) in [7, 11) is 0. The molecule has 128 valence electrons. The Morgan fingerprint density at radius 3 is 2.58 bits per heavy atom. The van der Waals surface area contributed by atoms with Crippen molar-refractivity contribution in [3.05, 3.63) is 42.2 Å². The molecule has 1 aliphatic rings. The Labute approximate surface area is 137 Å². The molecule has 1 aliphatic heterocycles. The van der Waals surface area contributed by atoms with E-state index in [-0.39, 0.29) is 0 Å². The zero-order valence-electron chi connectivity index (χ0n) is 12.8. The first-order valence-electron chi connectivity index (χ1n) is 7.66. The molecule has 1 saturated heterocycles. The third-order valence-corrected chi connectivity index (χ3v) is 3.84. The largest absolute Gasteiger partial charge is 0.574 e. The summed E-state index contributed by atoms with van der Waals surface area (Å²) in [5.41, 5.74) is 1.66. The smallest absolute Gasteiger partial charge is 0.388 e. The Morgan fingerprint density at radius 2 is 1.92 bits per heavy atom. The highest BCUT2D eigenvalue weighted by Gasteiger charge is 2.31. The van der Waals surface area contributed by atoms with Crippen LogP contribution in [0.15, 0.2) is 36.7 Å². The summed E-state index contributed by atoms with van der Waals surface area (Å²) in [5, 5.41) is 6.45. The normalized spacial score (nSPS) is 16.0. The highest BCUT2D eigenvalue weighted by atomic mass is 19.4. The Balaban J connectivity index is 1.74. The van der Waals surface area contributed by atoms with Gasteiger partial charge in [-0.1, -0.05) is 6.07 Å². The maximum absolute atomic E-state index is 12.2. The van der Waals surface area contributed by atoms with Gasteiger partial charge in [-0.15, -0.1) is 13.2 Å². The lowest BCUT2D eigenvalue weighted by Gasteiger charge is -2.24. The van der Waals surface area contributed by atoms with Gasteiger partial charge in [0.2, 0.25) is 5.88 Å². The van der Waals surface area contributed by atoms with Gasteiger partial charge in [0.05, 0.1) is 11.9 Å². The molecule has 0 aromatic carbocycles. The van der Waals surface area contributed by atoms with Crippen LogP contribution in [-0.2, 0) is 0 Å². The molecule has 5 nitrogen and oxygen atoms in total. The van der Waals surface area contributed by atoms with Gasteiger partial charge in [0.15, 0.2) is 0 Å². The molecule has 0 atom stereocenters. The van der Waals surface area contributed by atoms with Crippen LogP contribution in [0.25, 0.3) is 0 Å². The molecule has 1 fully saturated rings. The SMILES string of the molecule is FC(F)(F)Oc1ccc(Nc2ncccc2C2CCNCC2)cn1. The molecule has 0 aliphatic carbocycles. The molecule has 2 N–H and O–H groups in total. The first kappa shape index (κ1) is 16.5. The fraction of sp³-hybridized carbons (Fsp3) is 0.375. The molecule has 0 spiro atoms. The van der Waals surface area contributed by atoms with E-state index in [2.05, 4.69) is 25.3 Å². The summed E-state index contributed by atoms with van der Waals surface area (Å²) in [4.78, 5) is 8.02. The van der Waals surface area contributed by atoms with Crippen LogP contribution in [0.2, 0.25) is 0 Å². The Kier molecular flexibility index (Phi) is 4.84. The minimum atomic E-state index is -4.74. The number of rotatable bonds is 4. The van der Waals surface area contributed by atoms with Crippen molar-refractivity contribution < 1.29 is 17.9 Å². The van der Waals surface area contributed by atoms with Gasteiger partial charge in [-0.3, -0.25) is 0 Å². The first-order valence-corrected chi connectivity index (χ1v) is 7.66. The van der Waals surface area contributed by atoms with E-state index in [0.29, 0.717) is 17.4 Å². The van der Waals surface area contributed by atoms with Crippen molar-refractivity contribution in [2.45, 2.75) is 25.1 Å². The van der Waals surface area contributed by atoms with Crippen LogP contribution in [0, 0.1) is 0 Å². The number of anilines is 2. The number of piperidine rings is 1. The molecule has 0 amide bonds. The molecular formula is C16H17F3N4O. The van der Waals surface area contributed by atoms with Crippen LogP contribution in [-0.4, -0.2) is 29.4 Å². The van der Waals surface area contributed by atoms with Gasteiger partial charge in [-0.25, -0.2) is 9.97 Å². The van der Waals surface area contributed by atoms with Crippen LogP contribution in [0.4, 0.5) is 24.7 Å². The summed E-state index contributed by atoms with van der Waals surface area (Å²) in [6, 6.07) is 6.57. The minimum Gasteiger partial charge on any atom is -0.388 e. The molecule has 2 aromatic rings. The Hall–Kier alpha value is -2.35. The number of halogens is 3. The van der Waals surface area contributed by atoms with Crippen molar-refractivity contribution in [2.24, 2.45) is 0 Å². The lowest BCUT2D eigenvalue weighted by atomic mass is 9.90. The van der Waals surface area contributed by atoms with E-state index in [4.69, 9.17) is 0 Å². The number of ether oxygens (including phenoxy) is 1. The second-order valence-electron chi connectivity index (χ2n) is 5.52. The molecule has 2 aromatic heterocycles. The van der Waals surface area contributed by atoms with E-state index in [1.54, 1.807) is 6.20 Å². The summed E-state index contributed by atoms with van der Waals surface area (Å²) >= 11 is 0. The van der Waals surface area contributed by atoms with Gasteiger partial charge in [-0.05, 0) is 49.5 Å². The lowest BCUT2D eigenvalue weighted by Crippen LogP contribution is -2.27. The van der Waals surface area contributed by atoms with E-state index in [1.165, 1.54) is 18.3 Å². The van der Waals surface area contributed by atoms with Crippen LogP contribution in [0.5, 0.6) is 5.88 Å². The summed E-state index contributed by atoms with van der Waals surface area (Å²) in [6.45, 7) is 1.92. The van der Waals surface area contributed by atoms with Gasteiger partial charge in [0.1, 0.15) is 5.82 Å². The van der Waals surface area contributed by atoms with Crippen LogP contribution >= 0.6 is 0 Å². The topological polar surface area (TPSA) is 59.1 Å². The number of nitrogens with zero attached hydrogens (tertiary/aromatic N) is 2. The van der Waals surface area contributed by atoms with Gasteiger partial charge in [0.25, 0.3) is 0 Å². The molecule has 0 radical (unpaired) electrons. The third kappa shape index (κ3) is 4.35. The number of nitrogens with one attached hydrogen (secondary N) is 2. The molecule has 0 saturated carbocycles. The van der Waals surface area contributed by atoms with Crippen molar-refractivity contribution in [3.63, 3.8) is 0 Å². The Bertz CT molecular complexity index is 670. The fourth-order valence-corrected chi connectivity index (χ4v) is 2.75. The summed E-state index contributed by atoms with van der Waals surface area (Å²) in [6.07, 6.45) is 0.280. The van der Waals surface area contributed by atoms with Crippen molar-refractivity contribution in [3.8, 4) is 5.88 Å². The quantitative estimate of drug-likeness (QED) is 0.892. The monoisotopic (exact) mass is 338 g/mol. The van der Waals surface area contributed by atoms with E-state index in [0.717, 1.165) is 31.5 Å². The molecule has 0 bridgehead atoms. The fourth-order valence-electron chi connectivity index (χ4n) is 2.75. The van der Waals surface area contributed by atoms with Gasteiger partial charge < -0.3 is 15.4 Å². The third-order valence-electron chi connectivity index (χ3n) is 3.84. The number of hydrogen-bond donors (Lipinski definition) is 2. The number of pyridine rings is 2. The predicted octanol–water partition coefficient (Wildman–Crippen LogP) is 3.59. The maximum Gasteiger partial charge on any atom is 0.574 e. The van der Waals surface area contributed by atoms with Crippen molar-refractivity contribution in [1.82, 2.24) is 15.3 Å². The van der Waals surface area contributed by atoms with Gasteiger partial charge >= 0.3 is 6.36 Å². The zero-order chi connectivity index (χ0) is 17.0. The first-order chi connectivity index (χ1) is 11.5. The second-order valence-corrected chi connectivity index (χ2v) is 5.52. The molecule has 3 heterocycles. The highest BCUT2D eigenvalue weighted by molar-refractivity contribution is 5.59. The number of aromatic nitrogens is 2. The standard InChI is InChI=1S/C16H17F3N4O/c17-16(18,19)24-14-4-3-12(10-22-14)23-15-13(2-1-7-21-15)11-5-8-20-9-6-11/h1-4,7,10-11,20H,5-6,8-9H2,(H,21,23). The summed E-state index contributed by atoms with van der Waals surface area (Å²) in [5.74, 6) is 0.617. The van der Waals surface area contributed by atoms with E-state index >= 15 is 0 Å². The van der Waals surface area contributed by atoms with Crippen molar-refractivity contribution in [2.75, 3.05) is 18.4 Å². The van der Waals surface area contributed by atoms with Gasteiger partial charge in [-0.2, -0.15) is 0 Å². The molecule has 8 heteroatoms. The average Bonchev–Trinajstić information content (AvgIpc) is 2.57. The van der Waals surface area contributed by atoms with E-state index in [9.17, 15) is 13.2 Å². The van der Waals surface area contributed by atoms with Crippen molar-refractivity contribution in [1.29, 1.82) is 0 Å². The van der Waals surface area contributed by atoms with Crippen LogP contribution < -0.4 is 15.4 Å². The molecule has 0 unspecified atom stereocenters. The Morgan fingerprint density at radius 1 is 1.12 bits per heavy atom. The number of hydrogen-bond acceptors (Lipinski definition) is 5. The van der Waals surface area contributed by atoms with Gasteiger partial charge in [0, 0.05) is 12.3 Å². The molecule has 3 rings (SSSR count). The zero-order valence-corrected chi connectivity index (χ0v) is 12.8. The number of alkyl halides is 3.